The van der Waals surface area contributed by atoms with Gasteiger partial charge in [0.2, 0.25) is 0 Å². The van der Waals surface area contributed by atoms with Gasteiger partial charge in [0.25, 0.3) is 0 Å². The van der Waals surface area contributed by atoms with Crippen molar-refractivity contribution in [2.24, 2.45) is 0 Å². The molecule has 0 unspecified atom stereocenters. The minimum Gasteiger partial charge on any atom is -0.550 e. The van der Waals surface area contributed by atoms with E-state index in [1.165, 1.54) is 64.2 Å². The molecule has 0 saturated heterocycles. The Labute approximate surface area is 212 Å². The van der Waals surface area contributed by atoms with Gasteiger partial charge in [0.05, 0.1) is 0 Å². The van der Waals surface area contributed by atoms with Crippen LogP contribution in [-0.4, -0.2) is 40.9 Å². The van der Waals surface area contributed by atoms with Gasteiger partial charge < -0.3 is 19.8 Å². The largest absolute Gasteiger partial charge is 2.00 e. The van der Waals surface area contributed by atoms with Crippen LogP contribution in [0.4, 0.5) is 0 Å². The Kier molecular flexibility index (Phi) is 31.8. The number of carboxylic acids is 2. The van der Waals surface area contributed by atoms with Crippen molar-refractivity contribution >= 4 is 40.9 Å². The summed E-state index contributed by atoms with van der Waals surface area (Å²) in [5.41, 5.74) is 0. The van der Waals surface area contributed by atoms with Crippen LogP contribution in [0.2, 0.25) is 0 Å². The average Bonchev–Trinajstić information content (AvgIpc) is 2.71. The van der Waals surface area contributed by atoms with E-state index in [1.807, 2.05) is 0 Å². The maximum Gasteiger partial charge on any atom is 2.00 e. The Hall–Kier alpha value is -1.19. The zero-order valence-electron chi connectivity index (χ0n) is 21.2. The van der Waals surface area contributed by atoms with Gasteiger partial charge >= 0.3 is 17.4 Å². The quantitative estimate of drug-likeness (QED) is 0.131. The molecule has 0 atom stereocenters. The molecule has 7 heteroatoms. The van der Waals surface area contributed by atoms with Crippen LogP contribution in [0.5, 0.6) is 0 Å². The molecule has 0 aromatic carbocycles. The van der Waals surface area contributed by atoms with E-state index in [2.05, 4.69) is 13.8 Å². The monoisotopic (exact) mass is 481 g/mol. The van der Waals surface area contributed by atoms with Gasteiger partial charge in [-0.3, -0.25) is 9.59 Å². The van der Waals surface area contributed by atoms with E-state index in [1.54, 1.807) is 0 Å². The number of Topliss-reactive ketones (excluding diaryl/α,β-unsaturated/α-hetero) is 2. The predicted octanol–water partition coefficient (Wildman–Crippen LogP) is 4.07. The van der Waals surface area contributed by atoms with Crippen LogP contribution in [0.3, 0.4) is 0 Å². The molecule has 0 aliphatic heterocycles. The van der Waals surface area contributed by atoms with E-state index in [0.29, 0.717) is 12.8 Å². The SMILES string of the molecule is CCCCCCCCCCC(=O)CC(=O)[O-].CCCCCCCCCCC(=O)CC(=O)[O-].[Al+2]. The second kappa shape index (κ2) is 28.8. The smallest absolute Gasteiger partial charge is 0.550 e. The number of carbonyl (C=O) groups is 4. The number of hydrogen-bond acceptors (Lipinski definition) is 6. The number of carbonyl (C=O) groups excluding carboxylic acids is 4. The van der Waals surface area contributed by atoms with Gasteiger partial charge in [0, 0.05) is 37.6 Å². The Morgan fingerprint density at radius 1 is 0.455 bits per heavy atom. The van der Waals surface area contributed by atoms with E-state index in [4.69, 9.17) is 0 Å². The summed E-state index contributed by atoms with van der Waals surface area (Å²) >= 11 is 0. The molecular weight excluding hydrogens is 435 g/mol. The summed E-state index contributed by atoms with van der Waals surface area (Å²) in [6, 6.07) is 0. The molecule has 0 heterocycles. The summed E-state index contributed by atoms with van der Waals surface area (Å²) in [5, 5.41) is 20.2. The molecule has 0 aliphatic rings. The van der Waals surface area contributed by atoms with Crippen molar-refractivity contribution in [3.63, 3.8) is 0 Å². The van der Waals surface area contributed by atoms with E-state index in [-0.39, 0.29) is 28.9 Å². The van der Waals surface area contributed by atoms with Gasteiger partial charge in [0.15, 0.2) is 0 Å². The zero-order valence-corrected chi connectivity index (χ0v) is 22.3. The fourth-order valence-electron chi connectivity index (χ4n) is 3.41. The molecular formula is C26H46AlO6. The van der Waals surface area contributed by atoms with Gasteiger partial charge in [-0.15, -0.1) is 0 Å². The molecule has 189 valence electrons. The molecule has 0 aliphatic carbocycles. The Morgan fingerprint density at radius 2 is 0.697 bits per heavy atom. The number of aliphatic carboxylic acids is 2. The standard InChI is InChI=1S/2C13H24O3.Al/c2*1-2-3-4-5-6-7-8-9-10-12(14)11-13(15)16;/h2*2-11H2,1H3,(H,15,16);/q;;+2/p-2. The Bertz CT molecular complexity index is 449. The summed E-state index contributed by atoms with van der Waals surface area (Å²) in [6.45, 7) is 4.39. The third kappa shape index (κ3) is 35.6. The van der Waals surface area contributed by atoms with Gasteiger partial charge in [-0.05, 0) is 12.8 Å². The molecule has 0 fully saturated rings. The third-order valence-corrected chi connectivity index (χ3v) is 5.30. The van der Waals surface area contributed by atoms with Gasteiger partial charge in [0.1, 0.15) is 11.6 Å². The first kappa shape index (κ1) is 36.4. The van der Waals surface area contributed by atoms with Crippen LogP contribution in [0.25, 0.3) is 0 Å². The average molecular weight is 482 g/mol. The molecule has 33 heavy (non-hydrogen) atoms. The number of unbranched alkanes of at least 4 members (excludes halogenated alkanes) is 14. The van der Waals surface area contributed by atoms with Gasteiger partial charge in [-0.25, -0.2) is 0 Å². The van der Waals surface area contributed by atoms with Crippen LogP contribution in [-0.2, 0) is 19.2 Å². The molecule has 0 aromatic heterocycles. The van der Waals surface area contributed by atoms with Crippen LogP contribution < -0.4 is 10.2 Å². The van der Waals surface area contributed by atoms with Crippen molar-refractivity contribution in [3.05, 3.63) is 0 Å². The van der Waals surface area contributed by atoms with Crippen LogP contribution in [0.15, 0.2) is 0 Å². The minimum absolute atomic E-state index is 0. The molecule has 0 saturated carbocycles. The molecule has 1 radical (unpaired) electrons. The normalized spacial score (nSPS) is 10.0. The molecule has 0 N–H and O–H groups in total. The summed E-state index contributed by atoms with van der Waals surface area (Å²) in [6.07, 6.45) is 18.7. The second-order valence-electron chi connectivity index (χ2n) is 8.62. The van der Waals surface area contributed by atoms with Crippen molar-refractivity contribution in [1.82, 2.24) is 0 Å². The van der Waals surface area contributed by atoms with E-state index in [0.717, 1.165) is 38.5 Å². The fraction of sp³-hybridized carbons (Fsp3) is 0.846. The number of ketones is 2. The Morgan fingerprint density at radius 3 is 0.939 bits per heavy atom. The van der Waals surface area contributed by atoms with E-state index >= 15 is 0 Å². The van der Waals surface area contributed by atoms with E-state index in [9.17, 15) is 29.4 Å². The van der Waals surface area contributed by atoms with Gasteiger partial charge in [-0.1, -0.05) is 104 Å². The summed E-state index contributed by atoms with van der Waals surface area (Å²) in [4.78, 5) is 42.2. The molecule has 6 nitrogen and oxygen atoms in total. The van der Waals surface area contributed by atoms with Crippen molar-refractivity contribution in [2.75, 3.05) is 0 Å². The van der Waals surface area contributed by atoms with Crippen molar-refractivity contribution in [1.29, 1.82) is 0 Å². The maximum atomic E-state index is 11.0. The number of carboxylic acid groups (broad SMARTS) is 2. The maximum absolute atomic E-state index is 11.0. The van der Waals surface area contributed by atoms with Crippen LogP contribution >= 0.6 is 0 Å². The van der Waals surface area contributed by atoms with Crippen molar-refractivity contribution in [3.8, 4) is 0 Å². The molecule has 0 amide bonds. The number of hydrogen-bond donors (Lipinski definition) is 0. The number of rotatable bonds is 22. The molecule has 0 aromatic rings. The van der Waals surface area contributed by atoms with E-state index < -0.39 is 24.8 Å². The molecule has 0 rings (SSSR count). The van der Waals surface area contributed by atoms with Crippen LogP contribution in [0, 0.1) is 0 Å². The third-order valence-electron chi connectivity index (χ3n) is 5.30. The minimum atomic E-state index is -1.26. The first-order valence-corrected chi connectivity index (χ1v) is 12.8. The zero-order chi connectivity index (χ0) is 24.5. The summed E-state index contributed by atoms with van der Waals surface area (Å²) < 4.78 is 0. The summed E-state index contributed by atoms with van der Waals surface area (Å²) in [7, 11) is 0. The van der Waals surface area contributed by atoms with Crippen LogP contribution in [0.1, 0.15) is 142 Å². The molecule has 0 bridgehead atoms. The fourth-order valence-corrected chi connectivity index (χ4v) is 3.41. The van der Waals surface area contributed by atoms with Crippen molar-refractivity contribution in [2.45, 2.75) is 142 Å². The first-order chi connectivity index (χ1) is 15.3. The van der Waals surface area contributed by atoms with Gasteiger partial charge in [-0.2, -0.15) is 0 Å². The predicted molar refractivity (Wildman–Crippen MR) is 129 cm³/mol. The summed E-state index contributed by atoms with van der Waals surface area (Å²) in [5.74, 6) is -2.92. The second-order valence-corrected chi connectivity index (χ2v) is 8.62. The Balaban J connectivity index is -0.000000529. The van der Waals surface area contributed by atoms with Crippen molar-refractivity contribution < 1.29 is 29.4 Å². The first-order valence-electron chi connectivity index (χ1n) is 12.8. The topological polar surface area (TPSA) is 114 Å². The molecule has 0 spiro atoms.